The Morgan fingerprint density at radius 3 is 2.88 bits per heavy atom. The molecule has 8 nitrogen and oxygen atoms in total. The van der Waals surface area contributed by atoms with Crippen LogP contribution in [0.2, 0.25) is 0 Å². The van der Waals surface area contributed by atoms with E-state index in [1.807, 2.05) is 11.7 Å². The molecule has 1 atom stereocenters. The number of hydrogen-bond acceptors (Lipinski definition) is 7. The average Bonchev–Trinajstić information content (AvgIpc) is 2.97. The second-order valence-electron chi connectivity index (χ2n) is 5.16. The highest BCUT2D eigenvalue weighted by atomic mass is 32.2. The molecule has 1 aliphatic heterocycles. The second-order valence-corrected chi connectivity index (χ2v) is 5.86. The zero-order chi connectivity index (χ0) is 19.2. The maximum Gasteiger partial charge on any atom is 0.416 e. The van der Waals surface area contributed by atoms with Gasteiger partial charge in [-0.2, -0.15) is 18.1 Å². The number of alkyl halides is 3. The lowest BCUT2D eigenvalue weighted by Crippen LogP contribution is -2.44. The molecule has 1 fully saturated rings. The van der Waals surface area contributed by atoms with Gasteiger partial charge in [0.2, 0.25) is 0 Å². The van der Waals surface area contributed by atoms with E-state index in [1.54, 1.807) is 7.05 Å². The minimum atomic E-state index is -4.48. The van der Waals surface area contributed by atoms with Crippen molar-refractivity contribution in [2.75, 3.05) is 26.4 Å². The number of hydrogen-bond donors (Lipinski definition) is 4. The average molecular weight is 392 g/mol. The van der Waals surface area contributed by atoms with Gasteiger partial charge in [-0.25, -0.2) is 10.5 Å². The third-order valence-corrected chi connectivity index (χ3v) is 3.85. The second kappa shape index (κ2) is 9.19. The fourth-order valence-electron chi connectivity index (χ4n) is 2.18. The zero-order valence-electron chi connectivity index (χ0n) is 14.0. The molecule has 2 rings (SSSR count). The normalized spacial score (nSPS) is 20.5. The Balaban J connectivity index is 2.26. The molecule has 1 heterocycles. The van der Waals surface area contributed by atoms with E-state index in [-0.39, 0.29) is 11.5 Å². The topological polar surface area (TPSA) is 93.5 Å². The predicted octanol–water partition coefficient (Wildman–Crippen LogP) is 1.73. The van der Waals surface area contributed by atoms with E-state index in [0.717, 1.165) is 12.1 Å². The molecule has 0 bridgehead atoms. The number of hydroxylamine groups is 4. The van der Waals surface area contributed by atoms with Crippen molar-refractivity contribution in [3.8, 4) is 0 Å². The molecule has 0 aromatic heterocycles. The van der Waals surface area contributed by atoms with E-state index >= 15 is 0 Å². The summed E-state index contributed by atoms with van der Waals surface area (Å²) in [5.74, 6) is 0.330. The molecule has 12 heteroatoms. The van der Waals surface area contributed by atoms with Gasteiger partial charge >= 0.3 is 6.18 Å². The fourth-order valence-corrected chi connectivity index (χ4v) is 2.48. The summed E-state index contributed by atoms with van der Waals surface area (Å²) in [6.07, 6.45) is -2.60. The van der Waals surface area contributed by atoms with Crippen molar-refractivity contribution in [1.29, 1.82) is 0 Å². The van der Waals surface area contributed by atoms with Crippen molar-refractivity contribution in [1.82, 2.24) is 20.7 Å². The number of amidine groups is 2. The summed E-state index contributed by atoms with van der Waals surface area (Å²) in [6.45, 7) is 1.04. The molecule has 0 amide bonds. The largest absolute Gasteiger partial charge is 0.416 e. The first kappa shape index (κ1) is 20.5. The van der Waals surface area contributed by atoms with E-state index in [9.17, 15) is 18.4 Å². The Morgan fingerprint density at radius 2 is 2.23 bits per heavy atom. The molecule has 1 unspecified atom stereocenters. The summed E-state index contributed by atoms with van der Waals surface area (Å²) in [6, 6.07) is 3.74. The van der Waals surface area contributed by atoms with Crippen LogP contribution >= 0.6 is 11.9 Å². The van der Waals surface area contributed by atoms with E-state index < -0.39 is 17.8 Å². The first-order valence-corrected chi connectivity index (χ1v) is 8.71. The molecular weight excluding hydrogens is 373 g/mol. The maximum absolute atomic E-state index is 12.8. The summed E-state index contributed by atoms with van der Waals surface area (Å²) in [5.41, 5.74) is 3.71. The number of rotatable bonds is 6. The number of nitrogens with zero attached hydrogens (tertiary/aromatic N) is 3. The molecule has 26 heavy (non-hydrogen) atoms. The Hall–Kier alpha value is -1.86. The first-order chi connectivity index (χ1) is 12.4. The van der Waals surface area contributed by atoms with Crippen LogP contribution in [0, 0.1) is 0 Å². The molecule has 1 aromatic carbocycles. The van der Waals surface area contributed by atoms with Gasteiger partial charge in [0.1, 0.15) is 0 Å². The Bertz CT molecular complexity index is 670. The minimum Gasteiger partial charge on any atom is -0.290 e. The van der Waals surface area contributed by atoms with E-state index in [1.165, 1.54) is 29.1 Å². The molecular formula is C14H19F3N6O2S. The number of halogens is 3. The highest BCUT2D eigenvalue weighted by Gasteiger charge is 2.35. The monoisotopic (exact) mass is 392 g/mol. The number of benzene rings is 1. The van der Waals surface area contributed by atoms with Gasteiger partial charge in [0, 0.05) is 13.6 Å². The van der Waals surface area contributed by atoms with Crippen LogP contribution in [0.3, 0.4) is 0 Å². The van der Waals surface area contributed by atoms with E-state index in [4.69, 9.17) is 4.94 Å². The fraction of sp³-hybridized carbons (Fsp3) is 0.429. The predicted molar refractivity (Wildman–Crippen MR) is 93.1 cm³/mol. The smallest absolute Gasteiger partial charge is 0.290 e. The number of aliphatic imine (C=N–C) groups is 2. The van der Waals surface area contributed by atoms with Gasteiger partial charge in [-0.05, 0) is 24.5 Å². The van der Waals surface area contributed by atoms with Crippen molar-refractivity contribution < 1.29 is 23.3 Å². The van der Waals surface area contributed by atoms with Gasteiger partial charge in [0.15, 0.2) is 17.7 Å². The van der Waals surface area contributed by atoms with Gasteiger partial charge < -0.3 is 0 Å². The quantitative estimate of drug-likeness (QED) is 0.193. The van der Waals surface area contributed by atoms with Gasteiger partial charge in [0.25, 0.3) is 0 Å². The molecule has 0 aliphatic carbocycles. The zero-order valence-corrected chi connectivity index (χ0v) is 14.9. The summed E-state index contributed by atoms with van der Waals surface area (Å²) < 4.78 is 41.5. The molecule has 0 radical (unpaired) electrons. The minimum absolute atomic E-state index is 0.0278. The van der Waals surface area contributed by atoms with Crippen LogP contribution in [-0.4, -0.2) is 54.4 Å². The summed E-state index contributed by atoms with van der Waals surface area (Å²) in [7, 11) is 1.57. The number of likely N-dealkylation sites (N-methyl/N-ethyl adjacent to an activating group) is 1. The van der Waals surface area contributed by atoms with Gasteiger partial charge in [-0.1, -0.05) is 18.0 Å². The van der Waals surface area contributed by atoms with E-state index in [0.29, 0.717) is 18.9 Å². The van der Waals surface area contributed by atoms with Crippen molar-refractivity contribution in [2.45, 2.75) is 12.2 Å². The molecule has 0 saturated carbocycles. The van der Waals surface area contributed by atoms with Crippen LogP contribution in [0.5, 0.6) is 0 Å². The lowest BCUT2D eigenvalue weighted by molar-refractivity contribution is -0.144. The van der Waals surface area contributed by atoms with Crippen LogP contribution in [0.15, 0.2) is 34.3 Å². The Morgan fingerprint density at radius 1 is 1.46 bits per heavy atom. The van der Waals surface area contributed by atoms with Crippen molar-refractivity contribution >= 4 is 29.3 Å². The van der Waals surface area contributed by atoms with Crippen molar-refractivity contribution in [2.24, 2.45) is 9.98 Å². The molecule has 1 saturated heterocycles. The summed E-state index contributed by atoms with van der Waals surface area (Å²) in [5, 5.41) is 10.8. The SMILES string of the molecule is CSNCCN=C1NON(C)C1C(=Nc1cccc(C(F)(F)F)c1)NO. The van der Waals surface area contributed by atoms with Crippen LogP contribution in [0.25, 0.3) is 0 Å². The molecule has 144 valence electrons. The van der Waals surface area contributed by atoms with Crippen LogP contribution < -0.4 is 15.7 Å². The third kappa shape index (κ3) is 5.32. The van der Waals surface area contributed by atoms with Crippen LogP contribution in [0.4, 0.5) is 18.9 Å². The number of nitrogens with one attached hydrogen (secondary N) is 3. The highest BCUT2D eigenvalue weighted by Crippen LogP contribution is 2.31. The van der Waals surface area contributed by atoms with Gasteiger partial charge in [-0.3, -0.25) is 20.4 Å². The van der Waals surface area contributed by atoms with E-state index in [2.05, 4.69) is 20.2 Å². The maximum atomic E-state index is 12.8. The van der Waals surface area contributed by atoms with Crippen LogP contribution in [0.1, 0.15) is 5.56 Å². The standard InChI is InChI=1S/C14H19F3N6O2S/c1-23-11(12(22-25-23)18-6-7-19-26-2)13(21-24)20-10-5-3-4-9(8-10)14(15,16)17/h3-5,8,11,19,24H,6-7H2,1-2H3,(H,18,22)(H,20,21). The lowest BCUT2D eigenvalue weighted by Gasteiger charge is -2.17. The Kier molecular flexibility index (Phi) is 7.23. The molecule has 4 N–H and O–H groups in total. The summed E-state index contributed by atoms with van der Waals surface area (Å²) >= 11 is 1.45. The molecule has 0 spiro atoms. The van der Waals surface area contributed by atoms with Crippen molar-refractivity contribution in [3.05, 3.63) is 29.8 Å². The van der Waals surface area contributed by atoms with Crippen LogP contribution in [-0.2, 0) is 11.1 Å². The van der Waals surface area contributed by atoms with Gasteiger partial charge in [0.05, 0.1) is 17.8 Å². The lowest BCUT2D eigenvalue weighted by atomic mass is 10.2. The Labute approximate surface area is 152 Å². The first-order valence-electron chi connectivity index (χ1n) is 7.48. The van der Waals surface area contributed by atoms with Crippen molar-refractivity contribution in [3.63, 3.8) is 0 Å². The summed E-state index contributed by atoms with van der Waals surface area (Å²) in [4.78, 5) is 13.5. The van der Waals surface area contributed by atoms with Gasteiger partial charge in [-0.15, -0.1) is 5.06 Å². The highest BCUT2D eigenvalue weighted by molar-refractivity contribution is 7.96. The molecule has 1 aromatic rings. The third-order valence-electron chi connectivity index (χ3n) is 3.35. The molecule has 1 aliphatic rings.